The third-order valence-electron chi connectivity index (χ3n) is 3.48. The van der Waals surface area contributed by atoms with Gasteiger partial charge in [-0.15, -0.1) is 0 Å². The topological polar surface area (TPSA) is 4.93 Å². The fourth-order valence-corrected chi connectivity index (χ4v) is 2.73. The zero-order valence-electron chi connectivity index (χ0n) is 11.3. The van der Waals surface area contributed by atoms with Gasteiger partial charge in [0, 0.05) is 28.4 Å². The van der Waals surface area contributed by atoms with Gasteiger partial charge in [-0.1, -0.05) is 43.7 Å². The molecule has 3 aromatic rings. The fraction of sp³-hybridized carbons (Fsp3) is 0.294. The molecular weight excluding hydrogens is 218 g/mol. The van der Waals surface area contributed by atoms with E-state index in [1.165, 1.54) is 27.4 Å². The molecule has 0 aliphatic rings. The zero-order chi connectivity index (χ0) is 12.7. The van der Waals surface area contributed by atoms with Gasteiger partial charge >= 0.3 is 0 Å². The molecule has 0 saturated carbocycles. The normalized spacial score (nSPS) is 11.8. The van der Waals surface area contributed by atoms with Crippen LogP contribution < -0.4 is 0 Å². The summed E-state index contributed by atoms with van der Waals surface area (Å²) in [5.41, 5.74) is 4.04. The van der Waals surface area contributed by atoms with E-state index in [0.29, 0.717) is 5.92 Å². The number of benzene rings is 2. The largest absolute Gasteiger partial charge is 0.340 e. The highest BCUT2D eigenvalue weighted by Gasteiger charge is 2.10. The Bertz CT molecular complexity index is 704. The number of aromatic nitrogens is 1. The first-order chi connectivity index (χ1) is 8.66. The molecule has 1 heterocycles. The molecule has 0 bridgehead atoms. The van der Waals surface area contributed by atoms with Crippen LogP contribution in [0.2, 0.25) is 0 Å². The summed E-state index contributed by atoms with van der Waals surface area (Å²) < 4.78 is 2.45. The molecule has 92 valence electrons. The number of hydrogen-bond donors (Lipinski definition) is 0. The van der Waals surface area contributed by atoms with Crippen LogP contribution in [-0.2, 0) is 6.54 Å². The number of hydrogen-bond acceptors (Lipinski definition) is 0. The van der Waals surface area contributed by atoms with Crippen molar-refractivity contribution in [1.82, 2.24) is 4.57 Å². The van der Waals surface area contributed by atoms with Crippen LogP contribution >= 0.6 is 0 Å². The van der Waals surface area contributed by atoms with Gasteiger partial charge in [-0.25, -0.2) is 0 Å². The van der Waals surface area contributed by atoms with Crippen molar-refractivity contribution in [3.05, 3.63) is 48.0 Å². The van der Waals surface area contributed by atoms with E-state index in [1.807, 2.05) is 0 Å². The van der Waals surface area contributed by atoms with Gasteiger partial charge in [-0.2, -0.15) is 0 Å². The minimum Gasteiger partial charge on any atom is -0.340 e. The molecule has 0 aliphatic carbocycles. The van der Waals surface area contributed by atoms with Gasteiger partial charge in [0.1, 0.15) is 0 Å². The predicted molar refractivity (Wildman–Crippen MR) is 79.0 cm³/mol. The van der Waals surface area contributed by atoms with E-state index in [-0.39, 0.29) is 0 Å². The van der Waals surface area contributed by atoms with E-state index in [2.05, 4.69) is 67.8 Å². The molecule has 0 amide bonds. The van der Waals surface area contributed by atoms with E-state index in [4.69, 9.17) is 0 Å². The maximum atomic E-state index is 2.45. The van der Waals surface area contributed by atoms with E-state index in [0.717, 1.165) is 6.54 Å². The summed E-state index contributed by atoms with van der Waals surface area (Å²) >= 11 is 0. The first-order valence-electron chi connectivity index (χ1n) is 6.64. The lowest BCUT2D eigenvalue weighted by atomic mass is 10.1. The first-order valence-corrected chi connectivity index (χ1v) is 6.64. The minimum atomic E-state index is 0.658. The van der Waals surface area contributed by atoms with Gasteiger partial charge < -0.3 is 4.57 Å². The Labute approximate surface area is 108 Å². The van der Waals surface area contributed by atoms with Crippen LogP contribution in [0.1, 0.15) is 19.4 Å². The molecule has 0 fully saturated rings. The van der Waals surface area contributed by atoms with Gasteiger partial charge in [0.25, 0.3) is 0 Å². The highest BCUT2D eigenvalue weighted by Crippen LogP contribution is 2.30. The molecule has 2 aromatic carbocycles. The van der Waals surface area contributed by atoms with Crippen molar-refractivity contribution in [2.75, 3.05) is 0 Å². The molecule has 0 N–H and O–H groups in total. The van der Waals surface area contributed by atoms with Crippen LogP contribution in [0.25, 0.3) is 21.8 Å². The van der Waals surface area contributed by atoms with Crippen LogP contribution in [-0.4, -0.2) is 4.57 Å². The third kappa shape index (κ3) is 1.71. The summed E-state index contributed by atoms with van der Waals surface area (Å²) in [6, 6.07) is 15.5. The molecule has 1 heteroatoms. The quantitative estimate of drug-likeness (QED) is 0.605. The Balaban J connectivity index is 2.42. The summed E-state index contributed by atoms with van der Waals surface area (Å²) in [7, 11) is 0. The molecule has 18 heavy (non-hydrogen) atoms. The van der Waals surface area contributed by atoms with Gasteiger partial charge in [0.2, 0.25) is 0 Å². The fourth-order valence-electron chi connectivity index (χ4n) is 2.73. The van der Waals surface area contributed by atoms with E-state index >= 15 is 0 Å². The molecule has 0 radical (unpaired) electrons. The van der Waals surface area contributed by atoms with Crippen LogP contribution in [0.3, 0.4) is 0 Å². The molecule has 3 rings (SSSR count). The van der Waals surface area contributed by atoms with Crippen LogP contribution in [0.15, 0.2) is 42.5 Å². The average molecular weight is 237 g/mol. The molecule has 0 aliphatic heterocycles. The number of fused-ring (bicyclic) bond motifs is 3. The van der Waals surface area contributed by atoms with Crippen molar-refractivity contribution in [1.29, 1.82) is 0 Å². The number of para-hydroxylation sites is 1. The lowest BCUT2D eigenvalue weighted by Gasteiger charge is -2.10. The molecule has 0 spiro atoms. The van der Waals surface area contributed by atoms with Crippen molar-refractivity contribution < 1.29 is 0 Å². The summed E-state index contributed by atoms with van der Waals surface area (Å²) in [6.45, 7) is 7.78. The molecule has 0 saturated heterocycles. The number of nitrogens with zero attached hydrogens (tertiary/aromatic N) is 1. The maximum absolute atomic E-state index is 2.45. The first kappa shape index (κ1) is 11.3. The Morgan fingerprint density at radius 3 is 2.44 bits per heavy atom. The minimum absolute atomic E-state index is 0.658. The van der Waals surface area contributed by atoms with Gasteiger partial charge in [-0.3, -0.25) is 0 Å². The van der Waals surface area contributed by atoms with Crippen molar-refractivity contribution in [3.8, 4) is 0 Å². The van der Waals surface area contributed by atoms with Crippen molar-refractivity contribution in [2.24, 2.45) is 5.92 Å². The SMILES string of the molecule is Cc1ccc2c(c1)c1ccccc1n2CC(C)C. The Kier molecular flexibility index (Phi) is 2.62. The highest BCUT2D eigenvalue weighted by molar-refractivity contribution is 6.08. The lowest BCUT2D eigenvalue weighted by Crippen LogP contribution is -2.03. The average Bonchev–Trinajstić information content (AvgIpc) is 2.64. The molecular formula is C17H19N. The number of rotatable bonds is 2. The number of aryl methyl sites for hydroxylation is 1. The summed E-state index contributed by atoms with van der Waals surface area (Å²) in [4.78, 5) is 0. The highest BCUT2D eigenvalue weighted by atomic mass is 15.0. The van der Waals surface area contributed by atoms with E-state index < -0.39 is 0 Å². The monoisotopic (exact) mass is 237 g/mol. The molecule has 0 unspecified atom stereocenters. The molecule has 1 aromatic heterocycles. The maximum Gasteiger partial charge on any atom is 0.0491 e. The van der Waals surface area contributed by atoms with Crippen LogP contribution in [0, 0.1) is 12.8 Å². The summed E-state index contributed by atoms with van der Waals surface area (Å²) in [6.07, 6.45) is 0. The van der Waals surface area contributed by atoms with Crippen molar-refractivity contribution in [2.45, 2.75) is 27.3 Å². The second-order valence-electron chi connectivity index (χ2n) is 5.54. The van der Waals surface area contributed by atoms with E-state index in [1.54, 1.807) is 0 Å². The smallest absolute Gasteiger partial charge is 0.0491 e. The Morgan fingerprint density at radius 1 is 0.944 bits per heavy atom. The molecule has 0 atom stereocenters. The standard InChI is InChI=1S/C17H19N/c1-12(2)11-18-16-7-5-4-6-14(16)15-10-13(3)8-9-17(15)18/h4-10,12H,11H2,1-3H3. The molecule has 1 nitrogen and oxygen atoms in total. The summed E-state index contributed by atoms with van der Waals surface area (Å²) in [5, 5.41) is 2.75. The van der Waals surface area contributed by atoms with Crippen molar-refractivity contribution >= 4 is 21.8 Å². The third-order valence-corrected chi connectivity index (χ3v) is 3.48. The van der Waals surface area contributed by atoms with Crippen molar-refractivity contribution in [3.63, 3.8) is 0 Å². The van der Waals surface area contributed by atoms with E-state index in [9.17, 15) is 0 Å². The lowest BCUT2D eigenvalue weighted by molar-refractivity contribution is 0.545. The Hall–Kier alpha value is -1.76. The second-order valence-corrected chi connectivity index (χ2v) is 5.54. The van der Waals surface area contributed by atoms with Gasteiger partial charge in [-0.05, 0) is 31.0 Å². The van der Waals surface area contributed by atoms with Crippen LogP contribution in [0.4, 0.5) is 0 Å². The van der Waals surface area contributed by atoms with Gasteiger partial charge in [0.05, 0.1) is 0 Å². The Morgan fingerprint density at radius 2 is 1.67 bits per heavy atom. The predicted octanol–water partition coefficient (Wildman–Crippen LogP) is 4.76. The summed E-state index contributed by atoms with van der Waals surface area (Å²) in [5.74, 6) is 0.658. The zero-order valence-corrected chi connectivity index (χ0v) is 11.3. The van der Waals surface area contributed by atoms with Crippen LogP contribution in [0.5, 0.6) is 0 Å². The second kappa shape index (κ2) is 4.16. The van der Waals surface area contributed by atoms with Gasteiger partial charge in [0.15, 0.2) is 0 Å².